The van der Waals surface area contributed by atoms with E-state index in [4.69, 9.17) is 5.73 Å². The van der Waals surface area contributed by atoms with Crippen LogP contribution in [0, 0.1) is 10.1 Å². The van der Waals surface area contributed by atoms with E-state index in [-0.39, 0.29) is 11.7 Å². The summed E-state index contributed by atoms with van der Waals surface area (Å²) in [5.74, 6) is 0. The number of benzene rings is 1. The van der Waals surface area contributed by atoms with Crippen molar-refractivity contribution >= 4 is 5.69 Å². The molecule has 0 saturated carbocycles. The van der Waals surface area contributed by atoms with Crippen LogP contribution >= 0.6 is 0 Å². The van der Waals surface area contributed by atoms with Crippen LogP contribution in [0.1, 0.15) is 18.5 Å². The van der Waals surface area contributed by atoms with Crippen molar-refractivity contribution in [1.29, 1.82) is 0 Å². The lowest BCUT2D eigenvalue weighted by atomic mass is 10.1. The molecule has 0 aliphatic heterocycles. The van der Waals surface area contributed by atoms with Crippen LogP contribution < -0.4 is 5.73 Å². The number of hydrogen-bond donors (Lipinski definition) is 1. The minimum atomic E-state index is -0.425. The molecule has 1 aromatic rings. The molecule has 2 N–H and O–H groups in total. The maximum absolute atomic E-state index is 10.3. The lowest BCUT2D eigenvalue weighted by molar-refractivity contribution is -0.384. The van der Waals surface area contributed by atoms with Gasteiger partial charge in [-0.15, -0.1) is 0 Å². The number of nitro benzene ring substituents is 1. The Morgan fingerprint density at radius 2 is 2.25 bits per heavy atom. The first-order valence-electron chi connectivity index (χ1n) is 3.61. The molecule has 1 aromatic carbocycles. The smallest absolute Gasteiger partial charge is 0.269 e. The van der Waals surface area contributed by atoms with E-state index in [0.717, 1.165) is 5.56 Å². The summed E-state index contributed by atoms with van der Waals surface area (Å²) >= 11 is 0. The molecule has 0 heterocycles. The molecule has 64 valence electrons. The minimum Gasteiger partial charge on any atom is -0.324 e. The van der Waals surface area contributed by atoms with Gasteiger partial charge in [0.15, 0.2) is 0 Å². The van der Waals surface area contributed by atoms with Gasteiger partial charge in [0.25, 0.3) is 5.69 Å². The van der Waals surface area contributed by atoms with E-state index in [1.807, 2.05) is 0 Å². The monoisotopic (exact) mass is 166 g/mol. The Balaban J connectivity index is 3.04. The van der Waals surface area contributed by atoms with Crippen LogP contribution in [0.15, 0.2) is 24.3 Å². The fourth-order valence-electron chi connectivity index (χ4n) is 0.922. The van der Waals surface area contributed by atoms with Crippen molar-refractivity contribution in [3.05, 3.63) is 39.9 Å². The molecule has 0 spiro atoms. The van der Waals surface area contributed by atoms with E-state index in [0.29, 0.717) is 0 Å². The van der Waals surface area contributed by atoms with Crippen molar-refractivity contribution in [1.82, 2.24) is 0 Å². The largest absolute Gasteiger partial charge is 0.324 e. The highest BCUT2D eigenvalue weighted by Gasteiger charge is 2.06. The Bertz CT molecular complexity index is 297. The number of nitro groups is 1. The van der Waals surface area contributed by atoms with Crippen LogP contribution in [0.3, 0.4) is 0 Å². The maximum Gasteiger partial charge on any atom is 0.269 e. The lowest BCUT2D eigenvalue weighted by Crippen LogP contribution is -2.04. The fraction of sp³-hybridized carbons (Fsp3) is 0.250. The summed E-state index contributed by atoms with van der Waals surface area (Å²) in [5.41, 5.74) is 6.43. The standard InChI is InChI=1S/C8H10N2O2/c1-6(9)7-3-2-4-8(5-7)10(11)12/h2-6H,9H2,1H3. The van der Waals surface area contributed by atoms with E-state index < -0.39 is 4.92 Å². The molecule has 12 heavy (non-hydrogen) atoms. The number of non-ortho nitro benzene ring substituents is 1. The minimum absolute atomic E-state index is 0.0878. The van der Waals surface area contributed by atoms with Gasteiger partial charge in [0, 0.05) is 18.2 Å². The molecule has 0 aromatic heterocycles. The van der Waals surface area contributed by atoms with Crippen LogP contribution in [-0.4, -0.2) is 4.92 Å². The summed E-state index contributed by atoms with van der Waals surface area (Å²) < 4.78 is 0. The third kappa shape index (κ3) is 1.79. The summed E-state index contributed by atoms with van der Waals surface area (Å²) in [5, 5.41) is 10.3. The van der Waals surface area contributed by atoms with Crippen LogP contribution in [0.25, 0.3) is 0 Å². The van der Waals surface area contributed by atoms with Gasteiger partial charge in [-0.2, -0.15) is 0 Å². The zero-order chi connectivity index (χ0) is 9.14. The third-order valence-corrected chi connectivity index (χ3v) is 1.61. The Labute approximate surface area is 70.2 Å². The molecule has 4 heteroatoms. The van der Waals surface area contributed by atoms with Gasteiger partial charge in [-0.25, -0.2) is 0 Å². The van der Waals surface area contributed by atoms with E-state index in [1.54, 1.807) is 19.1 Å². The summed E-state index contributed by atoms with van der Waals surface area (Å²) in [6.45, 7) is 1.79. The van der Waals surface area contributed by atoms with E-state index in [9.17, 15) is 10.1 Å². The first kappa shape index (κ1) is 8.67. The molecule has 0 radical (unpaired) electrons. The molecule has 0 saturated heterocycles. The molecule has 0 amide bonds. The van der Waals surface area contributed by atoms with Gasteiger partial charge in [0.2, 0.25) is 0 Å². The van der Waals surface area contributed by atoms with Gasteiger partial charge in [-0.1, -0.05) is 12.1 Å². The van der Waals surface area contributed by atoms with Gasteiger partial charge < -0.3 is 5.73 Å². The highest BCUT2D eigenvalue weighted by molar-refractivity contribution is 5.35. The van der Waals surface area contributed by atoms with Crippen LogP contribution in [0.5, 0.6) is 0 Å². The molecule has 1 rings (SSSR count). The molecule has 0 fully saturated rings. The predicted molar refractivity (Wildman–Crippen MR) is 45.7 cm³/mol. The highest BCUT2D eigenvalue weighted by Crippen LogP contribution is 2.16. The van der Waals surface area contributed by atoms with E-state index in [1.165, 1.54) is 12.1 Å². The number of rotatable bonds is 2. The zero-order valence-electron chi connectivity index (χ0n) is 6.73. The topological polar surface area (TPSA) is 69.2 Å². The van der Waals surface area contributed by atoms with Crippen molar-refractivity contribution in [2.75, 3.05) is 0 Å². The second-order valence-electron chi connectivity index (χ2n) is 2.64. The van der Waals surface area contributed by atoms with Gasteiger partial charge >= 0.3 is 0 Å². The first-order chi connectivity index (χ1) is 5.61. The second-order valence-corrected chi connectivity index (χ2v) is 2.64. The van der Waals surface area contributed by atoms with Gasteiger partial charge in [-0.3, -0.25) is 10.1 Å². The first-order valence-corrected chi connectivity index (χ1v) is 3.61. The van der Waals surface area contributed by atoms with E-state index >= 15 is 0 Å². The third-order valence-electron chi connectivity index (χ3n) is 1.61. The molecule has 4 nitrogen and oxygen atoms in total. The van der Waals surface area contributed by atoms with Crippen molar-refractivity contribution in [3.8, 4) is 0 Å². The van der Waals surface area contributed by atoms with Crippen LogP contribution in [-0.2, 0) is 0 Å². The van der Waals surface area contributed by atoms with Gasteiger partial charge in [-0.05, 0) is 12.5 Å². The van der Waals surface area contributed by atoms with E-state index in [2.05, 4.69) is 0 Å². The van der Waals surface area contributed by atoms with Crippen LogP contribution in [0.2, 0.25) is 0 Å². The Morgan fingerprint density at radius 3 is 2.75 bits per heavy atom. The fourth-order valence-corrected chi connectivity index (χ4v) is 0.922. The van der Waals surface area contributed by atoms with Crippen molar-refractivity contribution in [2.45, 2.75) is 13.0 Å². The molecule has 0 bridgehead atoms. The quantitative estimate of drug-likeness (QED) is 0.536. The maximum atomic E-state index is 10.3. The molecule has 0 aliphatic rings. The van der Waals surface area contributed by atoms with Crippen molar-refractivity contribution in [2.24, 2.45) is 5.73 Å². The molecular weight excluding hydrogens is 156 g/mol. The van der Waals surface area contributed by atoms with Gasteiger partial charge in [0.1, 0.15) is 0 Å². The van der Waals surface area contributed by atoms with Gasteiger partial charge in [0.05, 0.1) is 4.92 Å². The second kappa shape index (κ2) is 3.32. The Morgan fingerprint density at radius 1 is 1.58 bits per heavy atom. The van der Waals surface area contributed by atoms with Crippen LogP contribution in [0.4, 0.5) is 5.69 Å². The molecule has 1 atom stereocenters. The normalized spacial score (nSPS) is 12.5. The summed E-state index contributed by atoms with van der Waals surface area (Å²) in [6.07, 6.45) is 0. The summed E-state index contributed by atoms with van der Waals surface area (Å²) in [6, 6.07) is 6.19. The summed E-state index contributed by atoms with van der Waals surface area (Å²) in [4.78, 5) is 9.92. The molecular formula is C8H10N2O2. The highest BCUT2D eigenvalue weighted by atomic mass is 16.6. The molecule has 0 aliphatic carbocycles. The van der Waals surface area contributed by atoms with Crippen molar-refractivity contribution in [3.63, 3.8) is 0 Å². The number of hydrogen-bond acceptors (Lipinski definition) is 3. The SMILES string of the molecule is CC(N)c1cccc([N+](=O)[O-])c1. The average molecular weight is 166 g/mol. The average Bonchev–Trinajstić information content (AvgIpc) is 2.04. The Kier molecular flexibility index (Phi) is 2.40. The summed E-state index contributed by atoms with van der Waals surface area (Å²) in [7, 11) is 0. The zero-order valence-corrected chi connectivity index (χ0v) is 6.73. The predicted octanol–water partition coefficient (Wildman–Crippen LogP) is 1.61. The van der Waals surface area contributed by atoms with Crippen molar-refractivity contribution < 1.29 is 4.92 Å². The number of nitrogens with two attached hydrogens (primary N) is 1. The lowest BCUT2D eigenvalue weighted by Gasteiger charge is -2.03. The Hall–Kier alpha value is -1.42. The molecule has 1 unspecified atom stereocenters. The number of nitrogens with zero attached hydrogens (tertiary/aromatic N) is 1.